The lowest BCUT2D eigenvalue weighted by Gasteiger charge is -1.93. The zero-order valence-corrected chi connectivity index (χ0v) is 10.9. The van der Waals surface area contributed by atoms with Gasteiger partial charge in [0.1, 0.15) is 23.2 Å². The number of halogens is 3. The molecule has 0 bridgehead atoms. The first-order valence-electron chi connectivity index (χ1n) is 4.66. The van der Waals surface area contributed by atoms with Crippen LogP contribution in [-0.2, 0) is 6.67 Å². The van der Waals surface area contributed by atoms with E-state index in [1.807, 2.05) is 0 Å². The van der Waals surface area contributed by atoms with Crippen LogP contribution in [0.25, 0.3) is 0 Å². The molecule has 0 fully saturated rings. The van der Waals surface area contributed by atoms with Crippen molar-refractivity contribution in [3.05, 3.63) is 50.1 Å². The molecule has 0 saturated carbocycles. The molecule has 0 aliphatic rings. The van der Waals surface area contributed by atoms with E-state index >= 15 is 0 Å². The number of benzene rings is 1. The molecule has 0 aliphatic heterocycles. The first-order chi connectivity index (χ1) is 8.17. The van der Waals surface area contributed by atoms with E-state index in [0.29, 0.717) is 20.7 Å². The predicted molar refractivity (Wildman–Crippen MR) is 67.0 cm³/mol. The monoisotopic (exact) mass is 313 g/mol. The lowest BCUT2D eigenvalue weighted by Crippen LogP contribution is -1.81. The highest BCUT2D eigenvalue weighted by Gasteiger charge is 1.99. The second-order valence-corrected chi connectivity index (χ2v) is 5.03. The summed E-state index contributed by atoms with van der Waals surface area (Å²) in [6.45, 7) is -0.585. The van der Waals surface area contributed by atoms with Crippen LogP contribution in [0.2, 0.25) is 0 Å². The Hall–Kier alpha value is -1.25. The van der Waals surface area contributed by atoms with Gasteiger partial charge in [-0.2, -0.15) is 0 Å². The Bertz CT molecular complexity index is 578. The third-order valence-corrected chi connectivity index (χ3v) is 3.13. The van der Waals surface area contributed by atoms with Crippen LogP contribution in [0.5, 0.6) is 0 Å². The van der Waals surface area contributed by atoms with E-state index in [-0.39, 0.29) is 5.82 Å². The van der Waals surface area contributed by atoms with Gasteiger partial charge in [-0.3, -0.25) is 0 Å². The minimum absolute atomic E-state index is 0.355. The number of alkyl halides is 1. The Balaban J connectivity index is 2.26. The SMILES string of the molecule is FCc1nc(C#Cc2cc(F)cc(Br)c2)cs1. The normalized spacial score (nSPS) is 9.82. The molecule has 1 heterocycles. The second kappa shape index (κ2) is 5.39. The summed E-state index contributed by atoms with van der Waals surface area (Å²) in [7, 11) is 0. The van der Waals surface area contributed by atoms with E-state index in [0.717, 1.165) is 0 Å². The zero-order valence-electron chi connectivity index (χ0n) is 8.51. The van der Waals surface area contributed by atoms with Crippen LogP contribution in [0.4, 0.5) is 8.78 Å². The first-order valence-corrected chi connectivity index (χ1v) is 6.33. The summed E-state index contributed by atoms with van der Waals surface area (Å²) >= 11 is 4.40. The van der Waals surface area contributed by atoms with Crippen LogP contribution >= 0.6 is 27.3 Å². The molecule has 0 aliphatic carbocycles. The quantitative estimate of drug-likeness (QED) is 0.727. The fourth-order valence-electron chi connectivity index (χ4n) is 1.19. The maximum Gasteiger partial charge on any atom is 0.141 e. The number of rotatable bonds is 1. The fourth-order valence-corrected chi connectivity index (χ4v) is 2.23. The summed E-state index contributed by atoms with van der Waals surface area (Å²) < 4.78 is 25.9. The standard InChI is InChI=1S/C12H6BrF2NS/c13-9-3-8(4-10(15)5-9)1-2-11-7-17-12(6-14)16-11/h3-5,7H,6H2. The lowest BCUT2D eigenvalue weighted by atomic mass is 10.2. The maximum absolute atomic E-state index is 13.1. The molecule has 0 amide bonds. The van der Waals surface area contributed by atoms with Crippen LogP contribution < -0.4 is 0 Å². The Morgan fingerprint density at radius 1 is 1.29 bits per heavy atom. The van der Waals surface area contributed by atoms with Crippen molar-refractivity contribution in [1.29, 1.82) is 0 Å². The predicted octanol–water partition coefficient (Wildman–Crippen LogP) is 3.91. The Labute approximate surface area is 110 Å². The van der Waals surface area contributed by atoms with Crippen LogP contribution in [0.15, 0.2) is 28.1 Å². The molecule has 0 spiro atoms. The molecular formula is C12H6BrF2NS. The maximum atomic E-state index is 13.1. The summed E-state index contributed by atoms with van der Waals surface area (Å²) in [5.74, 6) is 5.19. The number of nitrogens with zero attached hydrogens (tertiary/aromatic N) is 1. The summed E-state index contributed by atoms with van der Waals surface area (Å²) in [4.78, 5) is 3.95. The average molecular weight is 314 g/mol. The van der Waals surface area contributed by atoms with E-state index in [1.54, 1.807) is 11.4 Å². The van der Waals surface area contributed by atoms with E-state index in [4.69, 9.17) is 0 Å². The van der Waals surface area contributed by atoms with Gasteiger partial charge in [0.2, 0.25) is 0 Å². The van der Waals surface area contributed by atoms with Gasteiger partial charge in [0.15, 0.2) is 0 Å². The van der Waals surface area contributed by atoms with Gasteiger partial charge >= 0.3 is 0 Å². The average Bonchev–Trinajstić information content (AvgIpc) is 2.73. The van der Waals surface area contributed by atoms with Gasteiger partial charge in [-0.15, -0.1) is 11.3 Å². The lowest BCUT2D eigenvalue weighted by molar-refractivity contribution is 0.483. The van der Waals surface area contributed by atoms with Gasteiger partial charge in [-0.1, -0.05) is 21.9 Å². The van der Waals surface area contributed by atoms with Gasteiger partial charge in [0, 0.05) is 15.4 Å². The number of aromatic nitrogens is 1. The molecule has 86 valence electrons. The van der Waals surface area contributed by atoms with Gasteiger partial charge in [-0.05, 0) is 24.1 Å². The first kappa shape index (κ1) is 12.2. The topological polar surface area (TPSA) is 12.9 Å². The highest BCUT2D eigenvalue weighted by molar-refractivity contribution is 9.10. The number of hydrogen-bond acceptors (Lipinski definition) is 2. The van der Waals surface area contributed by atoms with Gasteiger partial charge in [-0.25, -0.2) is 13.8 Å². The molecule has 1 nitrogen and oxygen atoms in total. The van der Waals surface area contributed by atoms with Gasteiger partial charge < -0.3 is 0 Å². The molecule has 2 aromatic rings. The molecule has 2 rings (SSSR count). The second-order valence-electron chi connectivity index (χ2n) is 3.17. The fraction of sp³-hybridized carbons (Fsp3) is 0.0833. The van der Waals surface area contributed by atoms with Crippen molar-refractivity contribution < 1.29 is 8.78 Å². The summed E-state index contributed by atoms with van der Waals surface area (Å²) in [5, 5.41) is 2.07. The smallest absolute Gasteiger partial charge is 0.141 e. The van der Waals surface area contributed by atoms with Crippen molar-refractivity contribution in [1.82, 2.24) is 4.98 Å². The zero-order chi connectivity index (χ0) is 12.3. The Morgan fingerprint density at radius 3 is 2.76 bits per heavy atom. The van der Waals surface area contributed by atoms with Crippen molar-refractivity contribution >= 4 is 27.3 Å². The highest BCUT2D eigenvalue weighted by Crippen LogP contribution is 2.14. The molecule has 0 N–H and O–H groups in total. The van der Waals surface area contributed by atoms with E-state index in [9.17, 15) is 8.78 Å². The van der Waals surface area contributed by atoms with Crippen molar-refractivity contribution in [2.75, 3.05) is 0 Å². The van der Waals surface area contributed by atoms with E-state index < -0.39 is 6.67 Å². The van der Waals surface area contributed by atoms with Gasteiger partial charge in [0.25, 0.3) is 0 Å². The number of thiazole rings is 1. The van der Waals surface area contributed by atoms with E-state index in [2.05, 4.69) is 32.8 Å². The van der Waals surface area contributed by atoms with Crippen molar-refractivity contribution in [2.24, 2.45) is 0 Å². The molecule has 17 heavy (non-hydrogen) atoms. The molecule has 0 unspecified atom stereocenters. The Kier molecular flexibility index (Phi) is 3.87. The van der Waals surface area contributed by atoms with Crippen LogP contribution in [-0.4, -0.2) is 4.98 Å². The molecule has 5 heteroatoms. The minimum Gasteiger partial charge on any atom is -0.243 e. The van der Waals surface area contributed by atoms with Gasteiger partial charge in [0.05, 0.1) is 0 Å². The molecule has 0 atom stereocenters. The largest absolute Gasteiger partial charge is 0.243 e. The van der Waals surface area contributed by atoms with Crippen LogP contribution in [0.1, 0.15) is 16.3 Å². The van der Waals surface area contributed by atoms with Crippen LogP contribution in [0, 0.1) is 17.7 Å². The molecule has 0 radical (unpaired) electrons. The third kappa shape index (κ3) is 3.35. The summed E-state index contributed by atoms with van der Waals surface area (Å²) in [6, 6.07) is 4.40. The highest BCUT2D eigenvalue weighted by atomic mass is 79.9. The molecule has 1 aromatic heterocycles. The molecule has 0 saturated heterocycles. The van der Waals surface area contributed by atoms with E-state index in [1.165, 1.54) is 23.5 Å². The minimum atomic E-state index is -0.585. The van der Waals surface area contributed by atoms with Crippen molar-refractivity contribution in [3.63, 3.8) is 0 Å². The Morgan fingerprint density at radius 2 is 2.12 bits per heavy atom. The number of hydrogen-bond donors (Lipinski definition) is 0. The third-order valence-electron chi connectivity index (χ3n) is 1.86. The summed E-state index contributed by atoms with van der Waals surface area (Å²) in [6.07, 6.45) is 0. The van der Waals surface area contributed by atoms with Crippen molar-refractivity contribution in [2.45, 2.75) is 6.67 Å². The molecule has 1 aromatic carbocycles. The van der Waals surface area contributed by atoms with Crippen molar-refractivity contribution in [3.8, 4) is 11.8 Å². The molecular weight excluding hydrogens is 308 g/mol. The summed E-state index contributed by atoms with van der Waals surface area (Å²) in [5.41, 5.74) is 1.05. The van der Waals surface area contributed by atoms with Crippen LogP contribution in [0.3, 0.4) is 0 Å².